The molecule has 1 heterocycles. The summed E-state index contributed by atoms with van der Waals surface area (Å²) in [5, 5.41) is 14.5. The molecule has 9 heteroatoms. The van der Waals surface area contributed by atoms with Gasteiger partial charge in [-0.15, -0.1) is 0 Å². The number of ether oxygens (including phenoxy) is 1. The Kier molecular flexibility index (Phi) is 7.91. The number of sulfonamides is 1. The van der Waals surface area contributed by atoms with E-state index < -0.39 is 21.7 Å². The van der Waals surface area contributed by atoms with Gasteiger partial charge in [0.25, 0.3) is 5.91 Å². The predicted molar refractivity (Wildman–Crippen MR) is 148 cm³/mol. The van der Waals surface area contributed by atoms with Crippen molar-refractivity contribution in [1.29, 1.82) is 0 Å². The summed E-state index contributed by atoms with van der Waals surface area (Å²) in [6.07, 6.45) is 2.54. The number of aromatic nitrogens is 1. The van der Waals surface area contributed by atoms with E-state index in [0.29, 0.717) is 12.0 Å². The fraction of sp³-hybridized carbons (Fsp3) is 0.276. The highest BCUT2D eigenvalue weighted by Crippen LogP contribution is 2.29. The molecular formula is C29H33N3O5S. The second kappa shape index (κ2) is 11.0. The molecule has 38 heavy (non-hydrogen) atoms. The van der Waals surface area contributed by atoms with Crippen LogP contribution in [-0.2, 0) is 22.9 Å². The zero-order valence-corrected chi connectivity index (χ0v) is 22.7. The Morgan fingerprint density at radius 2 is 1.79 bits per heavy atom. The highest BCUT2D eigenvalue weighted by molar-refractivity contribution is 7.89. The minimum atomic E-state index is -4.09. The van der Waals surface area contributed by atoms with Gasteiger partial charge in [-0.05, 0) is 73.7 Å². The van der Waals surface area contributed by atoms with E-state index in [1.165, 1.54) is 7.11 Å². The van der Waals surface area contributed by atoms with Gasteiger partial charge in [0, 0.05) is 29.7 Å². The van der Waals surface area contributed by atoms with Crippen LogP contribution in [0.25, 0.3) is 10.9 Å². The average molecular weight is 536 g/mol. The Morgan fingerprint density at radius 1 is 1.05 bits per heavy atom. The molecule has 0 saturated heterocycles. The van der Waals surface area contributed by atoms with E-state index >= 15 is 0 Å². The van der Waals surface area contributed by atoms with Gasteiger partial charge in [0.05, 0.1) is 18.8 Å². The van der Waals surface area contributed by atoms with Gasteiger partial charge in [0.15, 0.2) is 0 Å². The van der Waals surface area contributed by atoms with Crippen LogP contribution in [0.2, 0.25) is 0 Å². The second-order valence-electron chi connectivity index (χ2n) is 9.83. The molecule has 200 valence electrons. The number of rotatable bonds is 10. The largest absolute Gasteiger partial charge is 0.495 e. The van der Waals surface area contributed by atoms with Gasteiger partial charge in [-0.1, -0.05) is 36.4 Å². The standard InChI is InChI=1S/C29H33N3O5S/c1-29(2,34)27(17-22-18-31-24-11-6-5-10-23(22)24)32-38(35,36)26-16-20(12-13-25(26)37-4)14-19-8-7-9-21(15-19)28(33)30-3/h5-13,15-16,18,27,31-32,34H,14,17H2,1-4H3,(H,30,33)/t27-/m1/s1. The highest BCUT2D eigenvalue weighted by atomic mass is 32.2. The molecule has 0 fully saturated rings. The first-order valence-electron chi connectivity index (χ1n) is 12.3. The molecule has 4 N–H and O–H groups in total. The number of carbonyl (C=O) groups is 1. The number of aromatic amines is 1. The van der Waals surface area contributed by atoms with Crippen molar-refractivity contribution in [3.63, 3.8) is 0 Å². The van der Waals surface area contributed by atoms with Crippen LogP contribution in [0, 0.1) is 0 Å². The SMILES string of the molecule is CNC(=O)c1cccc(Cc2ccc(OC)c(S(=O)(=O)N[C@H](Cc3c[nH]c4ccccc34)C(C)(C)O)c2)c1. The van der Waals surface area contributed by atoms with E-state index in [9.17, 15) is 18.3 Å². The Labute approximate surface area is 223 Å². The maximum atomic E-state index is 13.7. The molecule has 4 aromatic rings. The van der Waals surface area contributed by atoms with Crippen LogP contribution >= 0.6 is 0 Å². The Morgan fingerprint density at radius 3 is 2.50 bits per heavy atom. The van der Waals surface area contributed by atoms with Crippen LogP contribution in [0.4, 0.5) is 0 Å². The van der Waals surface area contributed by atoms with E-state index in [4.69, 9.17) is 4.74 Å². The number of para-hydroxylation sites is 1. The molecule has 0 radical (unpaired) electrons. The third kappa shape index (κ3) is 6.07. The lowest BCUT2D eigenvalue weighted by Gasteiger charge is -2.30. The maximum absolute atomic E-state index is 13.7. The van der Waals surface area contributed by atoms with E-state index in [2.05, 4.69) is 15.0 Å². The number of hydrogen-bond acceptors (Lipinski definition) is 5. The lowest BCUT2D eigenvalue weighted by atomic mass is 9.93. The maximum Gasteiger partial charge on any atom is 0.251 e. The van der Waals surface area contributed by atoms with Crippen LogP contribution < -0.4 is 14.8 Å². The number of methoxy groups -OCH3 is 1. The first-order valence-corrected chi connectivity index (χ1v) is 13.8. The highest BCUT2D eigenvalue weighted by Gasteiger charge is 2.33. The van der Waals surface area contributed by atoms with Crippen molar-refractivity contribution in [3.05, 3.63) is 95.2 Å². The van der Waals surface area contributed by atoms with Crippen LogP contribution in [0.5, 0.6) is 5.75 Å². The Bertz CT molecular complexity index is 1550. The third-order valence-electron chi connectivity index (χ3n) is 6.59. The summed E-state index contributed by atoms with van der Waals surface area (Å²) in [7, 11) is -1.10. The summed E-state index contributed by atoms with van der Waals surface area (Å²) in [6, 6.07) is 19.1. The third-order valence-corrected chi connectivity index (χ3v) is 8.08. The number of fused-ring (bicyclic) bond motifs is 1. The van der Waals surface area contributed by atoms with Gasteiger partial charge in [-0.3, -0.25) is 4.79 Å². The molecule has 8 nitrogen and oxygen atoms in total. The molecule has 1 aromatic heterocycles. The quantitative estimate of drug-likeness (QED) is 0.246. The number of H-pyrrole nitrogens is 1. The van der Waals surface area contributed by atoms with Crippen LogP contribution in [-0.4, -0.2) is 50.2 Å². The molecule has 0 bridgehead atoms. The normalized spacial score (nSPS) is 12.9. The summed E-state index contributed by atoms with van der Waals surface area (Å²) in [5.74, 6) is 0.00357. The number of aliphatic hydroxyl groups is 1. The summed E-state index contributed by atoms with van der Waals surface area (Å²) < 4.78 is 35.5. The van der Waals surface area contributed by atoms with Crippen LogP contribution in [0.15, 0.2) is 77.8 Å². The minimum Gasteiger partial charge on any atom is -0.495 e. The molecule has 0 saturated carbocycles. The lowest BCUT2D eigenvalue weighted by Crippen LogP contribution is -2.50. The number of carbonyl (C=O) groups excluding carboxylic acids is 1. The average Bonchev–Trinajstić information content (AvgIpc) is 3.30. The van der Waals surface area contributed by atoms with Gasteiger partial charge < -0.3 is 20.1 Å². The number of amides is 1. The van der Waals surface area contributed by atoms with E-state index in [0.717, 1.165) is 27.6 Å². The van der Waals surface area contributed by atoms with Crippen LogP contribution in [0.1, 0.15) is 40.9 Å². The van der Waals surface area contributed by atoms with E-state index in [-0.39, 0.29) is 23.0 Å². The molecule has 4 rings (SSSR count). The molecule has 0 aliphatic heterocycles. The molecular weight excluding hydrogens is 502 g/mol. The molecule has 1 atom stereocenters. The smallest absolute Gasteiger partial charge is 0.251 e. The van der Waals surface area contributed by atoms with Crippen LogP contribution in [0.3, 0.4) is 0 Å². The fourth-order valence-corrected chi connectivity index (χ4v) is 6.05. The van der Waals surface area contributed by atoms with E-state index in [1.54, 1.807) is 57.3 Å². The summed E-state index contributed by atoms with van der Waals surface area (Å²) >= 11 is 0. The van der Waals surface area contributed by atoms with Crippen molar-refractivity contribution in [3.8, 4) is 5.75 Å². The Hall–Kier alpha value is -3.66. The topological polar surface area (TPSA) is 121 Å². The van der Waals surface area contributed by atoms with Gasteiger partial charge in [0.1, 0.15) is 10.6 Å². The lowest BCUT2D eigenvalue weighted by molar-refractivity contribution is 0.0461. The summed E-state index contributed by atoms with van der Waals surface area (Å²) in [4.78, 5) is 15.2. The first-order chi connectivity index (χ1) is 18.0. The Balaban J connectivity index is 1.64. The summed E-state index contributed by atoms with van der Waals surface area (Å²) in [6.45, 7) is 3.17. The molecule has 0 spiro atoms. The van der Waals surface area contributed by atoms with Gasteiger partial charge >= 0.3 is 0 Å². The van der Waals surface area contributed by atoms with Gasteiger partial charge in [-0.2, -0.15) is 0 Å². The van der Waals surface area contributed by atoms with Crippen molar-refractivity contribution >= 4 is 26.8 Å². The zero-order valence-electron chi connectivity index (χ0n) is 21.9. The predicted octanol–water partition coefficient (Wildman–Crippen LogP) is 3.79. The minimum absolute atomic E-state index is 0.0202. The zero-order chi connectivity index (χ0) is 27.5. The fourth-order valence-electron chi connectivity index (χ4n) is 4.45. The molecule has 0 aliphatic carbocycles. The van der Waals surface area contributed by atoms with Crippen molar-refractivity contribution in [1.82, 2.24) is 15.0 Å². The second-order valence-corrected chi connectivity index (χ2v) is 11.5. The molecule has 0 unspecified atom stereocenters. The van der Waals surface area contributed by atoms with Crippen molar-refractivity contribution in [2.24, 2.45) is 0 Å². The summed E-state index contributed by atoms with van der Waals surface area (Å²) in [5.41, 5.74) is 2.61. The molecule has 0 aliphatic rings. The number of nitrogens with one attached hydrogen (secondary N) is 3. The molecule has 3 aromatic carbocycles. The van der Waals surface area contributed by atoms with Gasteiger partial charge in [0.2, 0.25) is 10.0 Å². The van der Waals surface area contributed by atoms with Gasteiger partial charge in [-0.25, -0.2) is 13.1 Å². The monoisotopic (exact) mass is 535 g/mol. The van der Waals surface area contributed by atoms with E-state index in [1.807, 2.05) is 36.5 Å². The number of benzene rings is 3. The van der Waals surface area contributed by atoms with Crippen molar-refractivity contribution in [2.75, 3.05) is 14.2 Å². The number of hydrogen-bond donors (Lipinski definition) is 4. The van der Waals surface area contributed by atoms with Crippen molar-refractivity contribution < 1.29 is 23.1 Å². The molecule has 1 amide bonds. The first kappa shape index (κ1) is 27.4. The van der Waals surface area contributed by atoms with Crippen molar-refractivity contribution in [2.45, 2.75) is 43.2 Å².